The normalized spacial score (nSPS) is 16.3. The number of ether oxygens (including phenoxy) is 2. The Labute approximate surface area is 238 Å². The molecule has 1 amide bonds. The Balaban J connectivity index is 1.49. The Bertz CT molecular complexity index is 1430. The molecule has 0 atom stereocenters. The minimum absolute atomic E-state index is 0.0827. The van der Waals surface area contributed by atoms with Crippen LogP contribution < -0.4 is 15.2 Å². The first-order valence-electron chi connectivity index (χ1n) is 13.0. The molecular weight excluding hydrogens is 539 g/mol. The van der Waals surface area contributed by atoms with Gasteiger partial charge in [-0.15, -0.1) is 0 Å². The van der Waals surface area contributed by atoms with Crippen LogP contribution in [0, 0.1) is 6.92 Å². The fourth-order valence-electron chi connectivity index (χ4n) is 5.20. The topological polar surface area (TPSA) is 78.1 Å². The van der Waals surface area contributed by atoms with E-state index < -0.39 is 0 Å². The van der Waals surface area contributed by atoms with Gasteiger partial charge in [0.25, 0.3) is 11.5 Å². The van der Waals surface area contributed by atoms with E-state index in [4.69, 9.17) is 32.7 Å². The number of aromatic nitrogens is 1. The van der Waals surface area contributed by atoms with E-state index >= 15 is 0 Å². The van der Waals surface area contributed by atoms with Crippen molar-refractivity contribution in [2.45, 2.75) is 20.0 Å². The maximum Gasteiger partial charge on any atom is 0.257 e. The van der Waals surface area contributed by atoms with Gasteiger partial charge in [-0.2, -0.15) is 0 Å². The van der Waals surface area contributed by atoms with Crippen LogP contribution in [0.25, 0.3) is 11.1 Å². The Morgan fingerprint density at radius 2 is 1.72 bits per heavy atom. The summed E-state index contributed by atoms with van der Waals surface area (Å²) in [5, 5.41) is 0.786. The number of aromatic amines is 1. The number of benzene rings is 2. The number of aryl methyl sites for hydroxylation is 1. The lowest BCUT2D eigenvalue weighted by atomic mass is 9.99. The van der Waals surface area contributed by atoms with Gasteiger partial charge >= 0.3 is 0 Å². The summed E-state index contributed by atoms with van der Waals surface area (Å²) in [5.74, 6) is 0.158. The zero-order valence-electron chi connectivity index (χ0n) is 22.4. The lowest BCUT2D eigenvalue weighted by Gasteiger charge is -2.26. The summed E-state index contributed by atoms with van der Waals surface area (Å²) in [6.45, 7) is 6.98. The maximum absolute atomic E-state index is 14.0. The van der Waals surface area contributed by atoms with E-state index in [1.165, 1.54) is 12.7 Å². The molecule has 0 aliphatic carbocycles. The van der Waals surface area contributed by atoms with Gasteiger partial charge in [-0.05, 0) is 30.2 Å². The molecule has 8 nitrogen and oxygen atoms in total. The first-order valence-corrected chi connectivity index (χ1v) is 13.7. The van der Waals surface area contributed by atoms with Crippen LogP contribution in [0.5, 0.6) is 5.75 Å². The van der Waals surface area contributed by atoms with Crippen LogP contribution in [0.1, 0.15) is 27.2 Å². The van der Waals surface area contributed by atoms with Gasteiger partial charge in [0, 0.05) is 51.0 Å². The van der Waals surface area contributed by atoms with Gasteiger partial charge in [0.05, 0.1) is 53.7 Å². The number of hydrogen-bond donors (Lipinski definition) is 1. The lowest BCUT2D eigenvalue weighted by Crippen LogP contribution is -2.35. The SMILES string of the molecule is COc1cc(C)[nH]c(=O)c1CN1CCN(C)c2c(Cl)cc(-c3ccc(CN4CCOCC4)cc3)c(Cl)c2C1=O. The van der Waals surface area contributed by atoms with Crippen molar-refractivity contribution in [1.82, 2.24) is 14.8 Å². The van der Waals surface area contributed by atoms with E-state index in [-0.39, 0.29) is 18.0 Å². The molecule has 2 aromatic carbocycles. The molecular formula is C29H32Cl2N4O4. The van der Waals surface area contributed by atoms with Gasteiger partial charge in [-0.1, -0.05) is 47.5 Å². The summed E-state index contributed by atoms with van der Waals surface area (Å²) in [6, 6.07) is 11.8. The number of hydrogen-bond acceptors (Lipinski definition) is 6. The van der Waals surface area contributed by atoms with Crippen molar-refractivity contribution >= 4 is 34.8 Å². The minimum atomic E-state index is -0.285. The molecule has 1 aromatic heterocycles. The number of methoxy groups -OCH3 is 1. The third-order valence-electron chi connectivity index (χ3n) is 7.35. The Hall–Kier alpha value is -3.04. The van der Waals surface area contributed by atoms with Gasteiger partial charge < -0.3 is 24.3 Å². The Morgan fingerprint density at radius 3 is 2.41 bits per heavy atom. The van der Waals surface area contributed by atoms with Crippen molar-refractivity contribution in [2.75, 3.05) is 58.5 Å². The van der Waals surface area contributed by atoms with Gasteiger partial charge in [0.1, 0.15) is 5.75 Å². The molecule has 39 heavy (non-hydrogen) atoms. The standard InChI is InChI=1S/C29H32Cl2N4O4/c1-18-14-24(38-3)22(28(36)32-18)17-35-9-8-33(2)27-23(30)15-21(26(31)25(27)29(35)37)20-6-4-19(5-7-20)16-34-10-12-39-13-11-34/h4-7,14-15H,8-13,16-17H2,1-3H3,(H,32,36). The van der Waals surface area contributed by atoms with Crippen LogP contribution in [-0.4, -0.2) is 74.2 Å². The summed E-state index contributed by atoms with van der Waals surface area (Å²) >= 11 is 13.8. The fourth-order valence-corrected chi connectivity index (χ4v) is 5.89. The van der Waals surface area contributed by atoms with Crippen LogP contribution in [0.3, 0.4) is 0 Å². The molecule has 1 saturated heterocycles. The number of nitrogens with one attached hydrogen (secondary N) is 1. The number of likely N-dealkylation sites (N-methyl/N-ethyl adjacent to an activating group) is 1. The number of halogens is 2. The number of anilines is 1. The molecule has 1 fully saturated rings. The lowest BCUT2D eigenvalue weighted by molar-refractivity contribution is 0.0342. The quantitative estimate of drug-likeness (QED) is 0.467. The molecule has 0 unspecified atom stereocenters. The van der Waals surface area contributed by atoms with E-state index in [2.05, 4.69) is 22.0 Å². The van der Waals surface area contributed by atoms with Crippen molar-refractivity contribution in [3.8, 4) is 16.9 Å². The summed E-state index contributed by atoms with van der Waals surface area (Å²) in [5.41, 5.74) is 4.46. The van der Waals surface area contributed by atoms with Crippen molar-refractivity contribution < 1.29 is 14.3 Å². The van der Waals surface area contributed by atoms with E-state index in [1.54, 1.807) is 17.9 Å². The number of pyridine rings is 1. The summed E-state index contributed by atoms with van der Waals surface area (Å²) in [7, 11) is 3.40. The van der Waals surface area contributed by atoms with Crippen LogP contribution in [0.2, 0.25) is 10.0 Å². The first kappa shape index (κ1) is 27.5. The number of fused-ring (bicyclic) bond motifs is 1. The molecule has 0 bridgehead atoms. The molecule has 2 aliphatic heterocycles. The molecule has 0 saturated carbocycles. The molecule has 10 heteroatoms. The second-order valence-corrected chi connectivity index (χ2v) is 10.8. The van der Waals surface area contributed by atoms with Gasteiger partial charge in [-0.25, -0.2) is 0 Å². The molecule has 0 spiro atoms. The van der Waals surface area contributed by atoms with Crippen LogP contribution >= 0.6 is 23.2 Å². The third kappa shape index (κ3) is 5.65. The highest BCUT2D eigenvalue weighted by atomic mass is 35.5. The van der Waals surface area contributed by atoms with Crippen molar-refractivity contribution in [1.29, 1.82) is 0 Å². The van der Waals surface area contributed by atoms with Crippen LogP contribution in [0.15, 0.2) is 41.2 Å². The number of carbonyl (C=O) groups excluding carboxylic acids is 1. The third-order valence-corrected chi connectivity index (χ3v) is 8.03. The predicted octanol–water partition coefficient (Wildman–Crippen LogP) is 4.59. The average Bonchev–Trinajstić information content (AvgIpc) is 3.05. The number of carbonyl (C=O) groups is 1. The number of amides is 1. The van der Waals surface area contributed by atoms with Crippen LogP contribution in [-0.2, 0) is 17.8 Å². The molecule has 0 radical (unpaired) electrons. The molecule has 5 rings (SSSR count). The predicted molar refractivity (Wildman–Crippen MR) is 154 cm³/mol. The summed E-state index contributed by atoms with van der Waals surface area (Å²) in [4.78, 5) is 35.5. The molecule has 2 aliphatic rings. The van der Waals surface area contributed by atoms with Crippen LogP contribution in [0.4, 0.5) is 5.69 Å². The van der Waals surface area contributed by atoms with Gasteiger partial charge in [-0.3, -0.25) is 14.5 Å². The van der Waals surface area contributed by atoms with Crippen molar-refractivity contribution in [3.05, 3.63) is 79.2 Å². The first-order chi connectivity index (χ1) is 18.8. The second-order valence-electron chi connectivity index (χ2n) is 10.0. The highest BCUT2D eigenvalue weighted by Gasteiger charge is 2.32. The number of H-pyrrole nitrogens is 1. The van der Waals surface area contributed by atoms with Gasteiger partial charge in [0.15, 0.2) is 0 Å². The zero-order chi connectivity index (χ0) is 27.7. The van der Waals surface area contributed by atoms with Crippen molar-refractivity contribution in [2.24, 2.45) is 0 Å². The van der Waals surface area contributed by atoms with Crippen molar-refractivity contribution in [3.63, 3.8) is 0 Å². The maximum atomic E-state index is 14.0. The van der Waals surface area contributed by atoms with Gasteiger partial charge in [0.2, 0.25) is 0 Å². The molecule has 206 valence electrons. The summed E-state index contributed by atoms with van der Waals surface area (Å²) < 4.78 is 10.9. The number of morpholine rings is 1. The highest BCUT2D eigenvalue weighted by Crippen LogP contribution is 2.43. The summed E-state index contributed by atoms with van der Waals surface area (Å²) in [6.07, 6.45) is 0. The monoisotopic (exact) mass is 570 g/mol. The number of nitrogens with zero attached hydrogens (tertiary/aromatic N) is 3. The van der Waals surface area contributed by atoms with E-state index in [0.29, 0.717) is 57.0 Å². The second kappa shape index (κ2) is 11.6. The Morgan fingerprint density at radius 1 is 1.00 bits per heavy atom. The molecule has 3 heterocycles. The molecule has 3 aromatic rings. The smallest absolute Gasteiger partial charge is 0.257 e. The zero-order valence-corrected chi connectivity index (χ0v) is 23.9. The Kier molecular flexibility index (Phi) is 8.19. The molecule has 1 N–H and O–H groups in total. The minimum Gasteiger partial charge on any atom is -0.496 e. The largest absolute Gasteiger partial charge is 0.496 e. The average molecular weight is 572 g/mol. The number of rotatable bonds is 6. The van der Waals surface area contributed by atoms with E-state index in [0.717, 1.165) is 38.4 Å². The van der Waals surface area contributed by atoms with E-state index in [1.807, 2.05) is 30.1 Å². The fraction of sp³-hybridized carbons (Fsp3) is 0.379. The van der Waals surface area contributed by atoms with E-state index in [9.17, 15) is 9.59 Å². The highest BCUT2D eigenvalue weighted by molar-refractivity contribution is 6.41.